The molecule has 0 aliphatic heterocycles. The minimum atomic E-state index is -0.210. The molecule has 0 atom stereocenters. The van der Waals surface area contributed by atoms with Crippen LogP contribution >= 0.6 is 11.6 Å². The number of hydrogen-bond donors (Lipinski definition) is 2. The summed E-state index contributed by atoms with van der Waals surface area (Å²) in [6.45, 7) is 0.408. The molecule has 0 aliphatic rings. The number of rotatable bonds is 5. The maximum atomic E-state index is 12.1. The molecule has 0 saturated heterocycles. The minimum absolute atomic E-state index is 0.210. The molecular formula is C15H16ClN3O2. The number of carbonyl (C=O) groups excluding carboxylic acids is 1. The molecule has 0 aliphatic carbocycles. The Labute approximate surface area is 128 Å². The highest BCUT2D eigenvalue weighted by molar-refractivity contribution is 6.29. The number of nitrogens with zero attached hydrogens (tertiary/aromatic N) is 1. The Kier molecular flexibility index (Phi) is 5.00. The molecule has 0 unspecified atom stereocenters. The van der Waals surface area contributed by atoms with Crippen LogP contribution in [0.1, 0.15) is 15.9 Å². The molecule has 5 nitrogen and oxygen atoms in total. The second kappa shape index (κ2) is 6.95. The van der Waals surface area contributed by atoms with Crippen molar-refractivity contribution in [2.24, 2.45) is 0 Å². The molecule has 0 saturated carbocycles. The predicted molar refractivity (Wildman–Crippen MR) is 83.0 cm³/mol. The average molecular weight is 306 g/mol. The smallest absolute Gasteiger partial charge is 0.251 e. The molecule has 2 N–H and O–H groups in total. The van der Waals surface area contributed by atoms with E-state index in [0.29, 0.717) is 17.9 Å². The quantitative estimate of drug-likeness (QED) is 0.834. The molecule has 0 fully saturated rings. The number of halogens is 1. The molecule has 6 heteroatoms. The summed E-state index contributed by atoms with van der Waals surface area (Å²) >= 11 is 5.88. The van der Waals surface area contributed by atoms with Crippen LogP contribution in [0.15, 0.2) is 36.4 Å². The van der Waals surface area contributed by atoms with Crippen LogP contribution in [-0.4, -0.2) is 25.0 Å². The van der Waals surface area contributed by atoms with Crippen molar-refractivity contribution in [1.82, 2.24) is 10.3 Å². The molecular weight excluding hydrogens is 290 g/mol. The van der Waals surface area contributed by atoms with E-state index in [4.69, 9.17) is 16.3 Å². The first-order chi connectivity index (χ1) is 10.1. The fraction of sp³-hybridized carbons (Fsp3) is 0.200. The Morgan fingerprint density at radius 1 is 1.33 bits per heavy atom. The lowest BCUT2D eigenvalue weighted by Gasteiger charge is -2.08. The van der Waals surface area contributed by atoms with Gasteiger partial charge < -0.3 is 15.4 Å². The van der Waals surface area contributed by atoms with Gasteiger partial charge in [0.2, 0.25) is 0 Å². The van der Waals surface area contributed by atoms with Crippen LogP contribution in [0.25, 0.3) is 0 Å². The van der Waals surface area contributed by atoms with Crippen LogP contribution in [0.4, 0.5) is 5.82 Å². The number of amides is 1. The van der Waals surface area contributed by atoms with E-state index in [0.717, 1.165) is 11.3 Å². The summed E-state index contributed by atoms with van der Waals surface area (Å²) in [5.74, 6) is 1.10. The average Bonchev–Trinajstić information content (AvgIpc) is 2.52. The van der Waals surface area contributed by atoms with Crippen molar-refractivity contribution in [2.45, 2.75) is 6.54 Å². The number of hydrogen-bond acceptors (Lipinski definition) is 4. The summed E-state index contributed by atoms with van der Waals surface area (Å²) in [5, 5.41) is 5.97. The molecule has 0 spiro atoms. The summed E-state index contributed by atoms with van der Waals surface area (Å²) in [6, 6.07) is 10.7. The molecule has 0 bridgehead atoms. The van der Waals surface area contributed by atoms with Crippen LogP contribution in [0.5, 0.6) is 5.75 Å². The lowest BCUT2D eigenvalue weighted by Crippen LogP contribution is -2.23. The maximum Gasteiger partial charge on any atom is 0.251 e. The summed E-state index contributed by atoms with van der Waals surface area (Å²) in [4.78, 5) is 16.2. The Hall–Kier alpha value is -2.27. The SMILES string of the molecule is CNc1cc(C(=O)NCc2cccc(OC)c2)cc(Cl)n1. The van der Waals surface area contributed by atoms with Gasteiger partial charge in [0.25, 0.3) is 5.91 Å². The van der Waals surface area contributed by atoms with Crippen molar-refractivity contribution in [3.05, 3.63) is 52.7 Å². The largest absolute Gasteiger partial charge is 0.497 e. The summed E-state index contributed by atoms with van der Waals surface area (Å²) in [6.07, 6.45) is 0. The number of carbonyl (C=O) groups is 1. The van der Waals surface area contributed by atoms with E-state index < -0.39 is 0 Å². The van der Waals surface area contributed by atoms with Crippen LogP contribution in [0.2, 0.25) is 5.15 Å². The minimum Gasteiger partial charge on any atom is -0.497 e. The molecule has 1 aromatic heterocycles. The van der Waals surface area contributed by atoms with Crippen LogP contribution in [0.3, 0.4) is 0 Å². The van der Waals surface area contributed by atoms with Gasteiger partial charge in [-0.3, -0.25) is 4.79 Å². The van der Waals surface area contributed by atoms with Gasteiger partial charge in [0.15, 0.2) is 0 Å². The van der Waals surface area contributed by atoms with Crippen molar-refractivity contribution in [3.63, 3.8) is 0 Å². The number of aromatic nitrogens is 1. The van der Waals surface area contributed by atoms with Gasteiger partial charge in [-0.25, -0.2) is 4.98 Å². The molecule has 2 aromatic rings. The third kappa shape index (κ3) is 4.10. The zero-order valence-electron chi connectivity index (χ0n) is 11.8. The zero-order valence-corrected chi connectivity index (χ0v) is 12.6. The van der Waals surface area contributed by atoms with Crippen LogP contribution < -0.4 is 15.4 Å². The Balaban J connectivity index is 2.06. The molecule has 21 heavy (non-hydrogen) atoms. The van der Waals surface area contributed by atoms with Gasteiger partial charge in [-0.2, -0.15) is 0 Å². The van der Waals surface area contributed by atoms with E-state index in [1.807, 2.05) is 24.3 Å². The van der Waals surface area contributed by atoms with Crippen LogP contribution in [-0.2, 0) is 6.54 Å². The molecule has 110 valence electrons. The van der Waals surface area contributed by atoms with E-state index in [1.165, 1.54) is 6.07 Å². The molecule has 1 heterocycles. The third-order valence-electron chi connectivity index (χ3n) is 2.90. The maximum absolute atomic E-state index is 12.1. The van der Waals surface area contributed by atoms with Crippen LogP contribution in [0, 0.1) is 0 Å². The van der Waals surface area contributed by atoms with Crippen molar-refractivity contribution in [2.75, 3.05) is 19.5 Å². The number of pyridine rings is 1. The lowest BCUT2D eigenvalue weighted by atomic mass is 10.2. The van der Waals surface area contributed by atoms with E-state index in [-0.39, 0.29) is 11.1 Å². The normalized spacial score (nSPS) is 10.0. The molecule has 1 aromatic carbocycles. The van der Waals surface area contributed by atoms with E-state index in [9.17, 15) is 4.79 Å². The van der Waals surface area contributed by atoms with E-state index in [1.54, 1.807) is 20.2 Å². The van der Waals surface area contributed by atoms with Gasteiger partial charge in [0.1, 0.15) is 16.7 Å². The fourth-order valence-electron chi connectivity index (χ4n) is 1.82. The number of benzene rings is 1. The van der Waals surface area contributed by atoms with E-state index in [2.05, 4.69) is 15.6 Å². The first kappa shape index (κ1) is 15.1. The summed E-state index contributed by atoms with van der Waals surface area (Å²) in [5.41, 5.74) is 1.42. The monoisotopic (exact) mass is 305 g/mol. The fourth-order valence-corrected chi connectivity index (χ4v) is 2.03. The lowest BCUT2D eigenvalue weighted by molar-refractivity contribution is 0.0951. The first-order valence-electron chi connectivity index (χ1n) is 6.39. The Morgan fingerprint density at radius 2 is 2.14 bits per heavy atom. The Bertz CT molecular complexity index is 647. The third-order valence-corrected chi connectivity index (χ3v) is 3.09. The number of anilines is 1. The van der Waals surface area contributed by atoms with Crippen molar-refractivity contribution < 1.29 is 9.53 Å². The topological polar surface area (TPSA) is 63.2 Å². The second-order valence-corrected chi connectivity index (χ2v) is 4.74. The van der Waals surface area contributed by atoms with Gasteiger partial charge in [-0.05, 0) is 29.8 Å². The van der Waals surface area contributed by atoms with Crippen molar-refractivity contribution in [3.8, 4) is 5.75 Å². The van der Waals surface area contributed by atoms with Gasteiger partial charge in [0.05, 0.1) is 7.11 Å². The molecule has 2 rings (SSSR count). The van der Waals surface area contributed by atoms with Gasteiger partial charge in [0, 0.05) is 19.2 Å². The molecule has 1 amide bonds. The predicted octanol–water partition coefficient (Wildman–Crippen LogP) is 2.72. The van der Waals surface area contributed by atoms with Gasteiger partial charge >= 0.3 is 0 Å². The van der Waals surface area contributed by atoms with Gasteiger partial charge in [-0.1, -0.05) is 23.7 Å². The highest BCUT2D eigenvalue weighted by Gasteiger charge is 2.09. The highest BCUT2D eigenvalue weighted by Crippen LogP contribution is 2.15. The van der Waals surface area contributed by atoms with Gasteiger partial charge in [-0.15, -0.1) is 0 Å². The summed E-state index contributed by atoms with van der Waals surface area (Å²) < 4.78 is 5.15. The standard InChI is InChI=1S/C15H16ClN3O2/c1-17-14-8-11(7-13(16)19-14)15(20)18-9-10-4-3-5-12(6-10)21-2/h3-8H,9H2,1-2H3,(H,17,19)(H,18,20). The van der Waals surface area contributed by atoms with Crippen molar-refractivity contribution in [1.29, 1.82) is 0 Å². The highest BCUT2D eigenvalue weighted by atomic mass is 35.5. The zero-order chi connectivity index (χ0) is 15.2. The molecule has 0 radical (unpaired) electrons. The van der Waals surface area contributed by atoms with E-state index >= 15 is 0 Å². The van der Waals surface area contributed by atoms with Crippen molar-refractivity contribution >= 4 is 23.3 Å². The second-order valence-electron chi connectivity index (χ2n) is 4.35. The Morgan fingerprint density at radius 3 is 2.86 bits per heavy atom. The number of ether oxygens (including phenoxy) is 1. The summed E-state index contributed by atoms with van der Waals surface area (Å²) in [7, 11) is 3.33. The number of nitrogens with one attached hydrogen (secondary N) is 2. The number of methoxy groups -OCH3 is 1. The first-order valence-corrected chi connectivity index (χ1v) is 6.76.